The Bertz CT molecular complexity index is 542. The van der Waals surface area contributed by atoms with E-state index in [1.54, 1.807) is 32.0 Å². The summed E-state index contributed by atoms with van der Waals surface area (Å²) in [6.45, 7) is 4.65. The Hall–Kier alpha value is -2.08. The van der Waals surface area contributed by atoms with Gasteiger partial charge in [-0.05, 0) is 53.0 Å². The van der Waals surface area contributed by atoms with Crippen molar-refractivity contribution in [3.05, 3.63) is 24.3 Å². The first-order valence-electron chi connectivity index (χ1n) is 7.66. The van der Waals surface area contributed by atoms with Crippen LogP contribution in [0.1, 0.15) is 20.3 Å². The van der Waals surface area contributed by atoms with Gasteiger partial charge in [-0.15, -0.1) is 0 Å². The summed E-state index contributed by atoms with van der Waals surface area (Å²) in [7, 11) is 5.49. The van der Waals surface area contributed by atoms with Crippen LogP contribution < -0.4 is 15.4 Å². The molecule has 0 atom stereocenters. The summed E-state index contributed by atoms with van der Waals surface area (Å²) in [6, 6.07) is 7.11. The monoisotopic (exact) mass is 321 g/mol. The highest BCUT2D eigenvalue weighted by molar-refractivity contribution is 6.10. The minimum absolute atomic E-state index is 0.288. The number of hydrogen-bond donors (Lipinski definition) is 2. The highest BCUT2D eigenvalue weighted by Gasteiger charge is 2.36. The number of rotatable bonds is 8. The van der Waals surface area contributed by atoms with Crippen molar-refractivity contribution in [2.75, 3.05) is 39.6 Å². The molecule has 0 saturated carbocycles. The van der Waals surface area contributed by atoms with Crippen molar-refractivity contribution in [1.29, 1.82) is 0 Å². The van der Waals surface area contributed by atoms with Gasteiger partial charge in [0.25, 0.3) is 0 Å². The normalized spacial score (nSPS) is 11.2. The van der Waals surface area contributed by atoms with Crippen LogP contribution in [0.4, 0.5) is 5.69 Å². The molecule has 0 saturated heterocycles. The molecule has 1 aromatic carbocycles. The van der Waals surface area contributed by atoms with Gasteiger partial charge in [0.1, 0.15) is 11.2 Å². The molecule has 1 aromatic rings. The molecule has 0 heterocycles. The summed E-state index contributed by atoms with van der Waals surface area (Å²) < 4.78 is 5.20. The van der Waals surface area contributed by atoms with E-state index in [2.05, 4.69) is 10.6 Å². The van der Waals surface area contributed by atoms with Crippen LogP contribution in [-0.2, 0) is 9.59 Å². The molecule has 6 nitrogen and oxygen atoms in total. The van der Waals surface area contributed by atoms with Crippen LogP contribution in [0.25, 0.3) is 0 Å². The molecular weight excluding hydrogens is 294 g/mol. The lowest BCUT2D eigenvalue weighted by molar-refractivity contribution is -0.138. The van der Waals surface area contributed by atoms with E-state index >= 15 is 0 Å². The van der Waals surface area contributed by atoms with E-state index in [4.69, 9.17) is 4.74 Å². The molecule has 2 N–H and O–H groups in total. The van der Waals surface area contributed by atoms with E-state index in [0.29, 0.717) is 18.0 Å². The third kappa shape index (κ3) is 5.56. The summed E-state index contributed by atoms with van der Waals surface area (Å²) in [5.41, 5.74) is -0.618. The molecule has 0 aromatic heterocycles. The molecular formula is C17H27N3O3. The average molecular weight is 321 g/mol. The molecule has 0 unspecified atom stereocenters. The van der Waals surface area contributed by atoms with Crippen LogP contribution >= 0.6 is 0 Å². The molecule has 6 heteroatoms. The van der Waals surface area contributed by atoms with Crippen LogP contribution in [0.15, 0.2) is 24.3 Å². The molecule has 0 bridgehead atoms. The number of para-hydroxylation sites is 2. The van der Waals surface area contributed by atoms with E-state index in [1.807, 2.05) is 25.1 Å². The van der Waals surface area contributed by atoms with Gasteiger partial charge in [0.2, 0.25) is 11.8 Å². The fourth-order valence-electron chi connectivity index (χ4n) is 1.95. The zero-order valence-corrected chi connectivity index (χ0v) is 14.6. The minimum atomic E-state index is -1.17. The van der Waals surface area contributed by atoms with E-state index in [0.717, 1.165) is 13.0 Å². The Kier molecular flexibility index (Phi) is 7.03. The number of carbonyl (C=O) groups excluding carboxylic acids is 2. The number of carbonyl (C=O) groups is 2. The lowest BCUT2D eigenvalue weighted by atomic mass is 9.91. The first-order chi connectivity index (χ1) is 10.8. The van der Waals surface area contributed by atoms with Crippen molar-refractivity contribution in [2.24, 2.45) is 5.41 Å². The Morgan fingerprint density at radius 1 is 1.17 bits per heavy atom. The smallest absolute Gasteiger partial charge is 0.239 e. The van der Waals surface area contributed by atoms with Gasteiger partial charge in [-0.25, -0.2) is 0 Å². The topological polar surface area (TPSA) is 70.7 Å². The van der Waals surface area contributed by atoms with Gasteiger partial charge in [0, 0.05) is 6.54 Å². The first-order valence-corrected chi connectivity index (χ1v) is 7.66. The molecule has 0 radical (unpaired) electrons. The van der Waals surface area contributed by atoms with E-state index in [9.17, 15) is 9.59 Å². The van der Waals surface area contributed by atoms with Crippen LogP contribution in [0.2, 0.25) is 0 Å². The third-order valence-electron chi connectivity index (χ3n) is 3.56. The maximum absolute atomic E-state index is 12.4. The third-order valence-corrected chi connectivity index (χ3v) is 3.56. The van der Waals surface area contributed by atoms with Crippen LogP contribution in [0.5, 0.6) is 5.75 Å². The minimum Gasteiger partial charge on any atom is -0.495 e. The lowest BCUT2D eigenvalue weighted by Crippen LogP contribution is -2.45. The van der Waals surface area contributed by atoms with Crippen LogP contribution in [0.3, 0.4) is 0 Å². The van der Waals surface area contributed by atoms with Crippen molar-refractivity contribution in [2.45, 2.75) is 20.3 Å². The molecule has 0 aliphatic rings. The second-order valence-corrected chi connectivity index (χ2v) is 6.19. The summed E-state index contributed by atoms with van der Waals surface area (Å²) in [5.74, 6) is -0.0983. The number of nitrogens with zero attached hydrogens (tertiary/aromatic N) is 1. The van der Waals surface area contributed by atoms with Gasteiger partial charge in [-0.3, -0.25) is 9.59 Å². The summed E-state index contributed by atoms with van der Waals surface area (Å²) in [6.07, 6.45) is 0.836. The Labute approximate surface area is 138 Å². The van der Waals surface area contributed by atoms with Gasteiger partial charge in [0.15, 0.2) is 0 Å². The van der Waals surface area contributed by atoms with Gasteiger partial charge in [0.05, 0.1) is 12.8 Å². The maximum atomic E-state index is 12.4. The Morgan fingerprint density at radius 2 is 1.83 bits per heavy atom. The molecule has 0 spiro atoms. The predicted molar refractivity (Wildman–Crippen MR) is 91.6 cm³/mol. The number of anilines is 1. The number of hydrogen-bond acceptors (Lipinski definition) is 4. The highest BCUT2D eigenvalue weighted by Crippen LogP contribution is 2.26. The van der Waals surface area contributed by atoms with Gasteiger partial charge >= 0.3 is 0 Å². The fourth-order valence-corrected chi connectivity index (χ4v) is 1.95. The first kappa shape index (κ1) is 19.0. The van der Waals surface area contributed by atoms with Crippen molar-refractivity contribution in [1.82, 2.24) is 10.2 Å². The number of nitrogens with one attached hydrogen (secondary N) is 2. The van der Waals surface area contributed by atoms with Crippen molar-refractivity contribution in [3.63, 3.8) is 0 Å². The number of ether oxygens (including phenoxy) is 1. The zero-order chi connectivity index (χ0) is 17.5. The molecule has 2 amide bonds. The quantitative estimate of drug-likeness (QED) is 0.565. The summed E-state index contributed by atoms with van der Waals surface area (Å²) >= 11 is 0. The SMILES string of the molecule is COc1ccccc1NC(=O)C(C)(C)C(=O)NCCCN(C)C. The average Bonchev–Trinajstić information content (AvgIpc) is 2.51. The maximum Gasteiger partial charge on any atom is 0.239 e. The molecule has 0 aliphatic heterocycles. The zero-order valence-electron chi connectivity index (χ0n) is 14.6. The van der Waals surface area contributed by atoms with Gasteiger partial charge in [-0.1, -0.05) is 12.1 Å². The predicted octanol–water partition coefficient (Wildman–Crippen LogP) is 1.73. The number of methoxy groups -OCH3 is 1. The largest absolute Gasteiger partial charge is 0.495 e. The van der Waals surface area contributed by atoms with Crippen molar-refractivity contribution in [3.8, 4) is 5.75 Å². The number of amides is 2. The second-order valence-electron chi connectivity index (χ2n) is 6.19. The van der Waals surface area contributed by atoms with E-state index < -0.39 is 5.41 Å². The molecule has 0 fully saturated rings. The van der Waals surface area contributed by atoms with Crippen molar-refractivity contribution < 1.29 is 14.3 Å². The second kappa shape index (κ2) is 8.53. The lowest BCUT2D eigenvalue weighted by Gasteiger charge is -2.23. The van der Waals surface area contributed by atoms with E-state index in [-0.39, 0.29) is 11.8 Å². The fraction of sp³-hybridized carbons (Fsp3) is 0.529. The van der Waals surface area contributed by atoms with Gasteiger partial charge < -0.3 is 20.3 Å². The number of benzene rings is 1. The highest BCUT2D eigenvalue weighted by atomic mass is 16.5. The standard InChI is InChI=1S/C17H27N3O3/c1-17(2,15(21)18-11-8-12-20(3)4)16(22)19-13-9-6-7-10-14(13)23-5/h6-7,9-10H,8,11-12H2,1-5H3,(H,18,21)(H,19,22). The van der Waals surface area contributed by atoms with E-state index in [1.165, 1.54) is 7.11 Å². The van der Waals surface area contributed by atoms with Crippen LogP contribution in [-0.4, -0.2) is 51.0 Å². The van der Waals surface area contributed by atoms with Gasteiger partial charge in [-0.2, -0.15) is 0 Å². The van der Waals surface area contributed by atoms with Crippen LogP contribution in [0, 0.1) is 5.41 Å². The summed E-state index contributed by atoms with van der Waals surface area (Å²) in [4.78, 5) is 26.8. The molecule has 1 rings (SSSR count). The molecule has 0 aliphatic carbocycles. The molecule has 23 heavy (non-hydrogen) atoms. The van der Waals surface area contributed by atoms with Crippen molar-refractivity contribution >= 4 is 17.5 Å². The summed E-state index contributed by atoms with van der Waals surface area (Å²) in [5, 5.41) is 5.57. The molecule has 128 valence electrons. The Balaban J connectivity index is 2.63. The Morgan fingerprint density at radius 3 is 2.43 bits per heavy atom.